The molecule has 1 aromatic carbocycles. The molecule has 0 N–H and O–H groups in total. The molecule has 3 heterocycles. The van der Waals surface area contributed by atoms with Gasteiger partial charge in [0.15, 0.2) is 21.8 Å². The second-order valence-corrected chi connectivity index (χ2v) is 10.2. The number of carbonyl (C=O) groups is 1. The molecule has 0 saturated carbocycles. The first kappa shape index (κ1) is 24.6. The molecule has 0 unspecified atom stereocenters. The molecule has 0 saturated heterocycles. The number of rotatable bonds is 5. The summed E-state index contributed by atoms with van der Waals surface area (Å²) in [4.78, 5) is 18.4. The van der Waals surface area contributed by atoms with Gasteiger partial charge in [-0.25, -0.2) is 22.5 Å². The molecule has 0 fully saturated rings. The van der Waals surface area contributed by atoms with Gasteiger partial charge < -0.3 is 9.64 Å². The number of pyridine rings is 1. The third-order valence-corrected chi connectivity index (χ3v) is 6.59. The highest BCUT2D eigenvalue weighted by molar-refractivity contribution is 7.90. The number of halogens is 4. The molecule has 1 atom stereocenters. The molecule has 1 amide bonds. The first-order chi connectivity index (χ1) is 16.2. The van der Waals surface area contributed by atoms with Gasteiger partial charge in [-0.1, -0.05) is 0 Å². The lowest BCUT2D eigenvalue weighted by atomic mass is 10.1. The Balaban J connectivity index is 1.63. The van der Waals surface area contributed by atoms with Crippen molar-refractivity contribution in [3.05, 3.63) is 64.9 Å². The van der Waals surface area contributed by atoms with Crippen molar-refractivity contribution in [2.75, 3.05) is 6.26 Å². The van der Waals surface area contributed by atoms with Gasteiger partial charge in [-0.05, 0) is 43.7 Å². The van der Waals surface area contributed by atoms with Gasteiger partial charge in [-0.3, -0.25) is 4.79 Å². The summed E-state index contributed by atoms with van der Waals surface area (Å²) in [5.74, 6) is -1.17. The Bertz CT molecular complexity index is 1400. The lowest BCUT2D eigenvalue weighted by Crippen LogP contribution is -2.33. The highest BCUT2D eigenvalue weighted by Crippen LogP contribution is 2.32. The van der Waals surface area contributed by atoms with Gasteiger partial charge in [0.2, 0.25) is 0 Å². The Hall–Kier alpha value is -3.48. The van der Waals surface area contributed by atoms with Crippen molar-refractivity contribution in [3.63, 3.8) is 0 Å². The Morgan fingerprint density at radius 2 is 1.91 bits per heavy atom. The number of nitrogens with zero attached hydrogens (tertiary/aromatic N) is 4. The minimum atomic E-state index is -4.68. The van der Waals surface area contributed by atoms with E-state index in [-0.39, 0.29) is 29.3 Å². The van der Waals surface area contributed by atoms with Crippen LogP contribution in [0, 0.1) is 12.7 Å². The summed E-state index contributed by atoms with van der Waals surface area (Å²) in [5.41, 5.74) is 1.43. The first-order valence-corrected chi connectivity index (χ1v) is 12.2. The Labute approximate surface area is 198 Å². The number of benzene rings is 1. The molecule has 35 heavy (non-hydrogen) atoms. The van der Waals surface area contributed by atoms with E-state index in [1.54, 1.807) is 13.1 Å². The molecule has 1 aliphatic rings. The van der Waals surface area contributed by atoms with Crippen LogP contribution in [0.1, 0.15) is 34.1 Å². The lowest BCUT2D eigenvalue weighted by molar-refractivity contribution is -0.189. The maximum atomic E-state index is 13.4. The maximum absolute atomic E-state index is 13.4. The van der Waals surface area contributed by atoms with Crippen LogP contribution in [-0.4, -0.2) is 52.5 Å². The number of carbonyl (C=O) groups excluding carboxylic acids is 1. The molecule has 13 heteroatoms. The number of ether oxygens (including phenoxy) is 1. The second-order valence-electron chi connectivity index (χ2n) is 8.23. The van der Waals surface area contributed by atoms with Crippen molar-refractivity contribution in [2.24, 2.45) is 0 Å². The molecule has 0 radical (unpaired) electrons. The monoisotopic (exact) mass is 512 g/mol. The summed E-state index contributed by atoms with van der Waals surface area (Å²) in [5, 5.41) is 4.40. The average Bonchev–Trinajstić information content (AvgIpc) is 3.31. The molecule has 0 spiro atoms. The van der Waals surface area contributed by atoms with Gasteiger partial charge in [0.05, 0.1) is 28.9 Å². The van der Waals surface area contributed by atoms with Crippen LogP contribution < -0.4 is 4.74 Å². The third-order valence-electron chi connectivity index (χ3n) is 5.47. The van der Waals surface area contributed by atoms with Crippen LogP contribution in [0.5, 0.6) is 5.75 Å². The number of aryl methyl sites for hydroxylation is 1. The van der Waals surface area contributed by atoms with Crippen LogP contribution in [0.25, 0.3) is 5.82 Å². The fourth-order valence-corrected chi connectivity index (χ4v) is 4.26. The molecule has 0 aliphatic carbocycles. The number of hydrogen-bond acceptors (Lipinski definition) is 6. The third kappa shape index (κ3) is 4.99. The van der Waals surface area contributed by atoms with Crippen LogP contribution >= 0.6 is 0 Å². The predicted molar refractivity (Wildman–Crippen MR) is 115 cm³/mol. The van der Waals surface area contributed by atoms with Crippen molar-refractivity contribution < 1.29 is 35.5 Å². The SMILES string of the molecule is Cc1cc(F)cnc1-n1cc2c(n1)CN(C(=O)c1cc(S(C)(=O)=O)ccc1O[C@@H](C)C(F)(F)F)C2. The maximum Gasteiger partial charge on any atom is 0.425 e. The predicted octanol–water partition coefficient (Wildman–Crippen LogP) is 3.60. The van der Waals surface area contributed by atoms with Crippen LogP contribution in [0.15, 0.2) is 41.6 Å². The van der Waals surface area contributed by atoms with Gasteiger partial charge >= 0.3 is 6.18 Å². The highest BCUT2D eigenvalue weighted by atomic mass is 32.2. The van der Waals surface area contributed by atoms with Crippen LogP contribution in [-0.2, 0) is 22.9 Å². The number of alkyl halides is 3. The van der Waals surface area contributed by atoms with E-state index in [2.05, 4.69) is 10.1 Å². The molecule has 1 aliphatic heterocycles. The lowest BCUT2D eigenvalue weighted by Gasteiger charge is -2.22. The van der Waals surface area contributed by atoms with E-state index in [1.165, 1.54) is 15.6 Å². The fourth-order valence-electron chi connectivity index (χ4n) is 3.62. The largest absolute Gasteiger partial charge is 0.480 e. The average molecular weight is 512 g/mol. The number of amides is 1. The first-order valence-electron chi connectivity index (χ1n) is 10.3. The van der Waals surface area contributed by atoms with Gasteiger partial charge in [0.25, 0.3) is 5.91 Å². The topological polar surface area (TPSA) is 94.4 Å². The Morgan fingerprint density at radius 1 is 1.20 bits per heavy atom. The molecule has 186 valence electrons. The van der Waals surface area contributed by atoms with Gasteiger partial charge in [0.1, 0.15) is 11.6 Å². The zero-order chi connectivity index (χ0) is 25.7. The van der Waals surface area contributed by atoms with Gasteiger partial charge in [-0.2, -0.15) is 18.3 Å². The summed E-state index contributed by atoms with van der Waals surface area (Å²) >= 11 is 0. The fraction of sp³-hybridized carbons (Fsp3) is 0.318. The molecule has 3 aromatic rings. The summed E-state index contributed by atoms with van der Waals surface area (Å²) in [7, 11) is -3.74. The van der Waals surface area contributed by atoms with E-state index in [9.17, 15) is 30.8 Å². The normalized spacial score (nSPS) is 14.7. The number of aromatic nitrogens is 3. The van der Waals surface area contributed by atoms with E-state index < -0.39 is 33.8 Å². The van der Waals surface area contributed by atoms with E-state index >= 15 is 0 Å². The quantitative estimate of drug-likeness (QED) is 0.485. The zero-order valence-corrected chi connectivity index (χ0v) is 19.6. The van der Waals surface area contributed by atoms with Gasteiger partial charge in [-0.15, -0.1) is 0 Å². The molecular weight excluding hydrogens is 492 g/mol. The molecule has 8 nitrogen and oxygen atoms in total. The van der Waals surface area contributed by atoms with E-state index in [1.807, 2.05) is 0 Å². The number of sulfone groups is 1. The molecule has 4 rings (SSSR count). The van der Waals surface area contributed by atoms with Crippen LogP contribution in [0.2, 0.25) is 0 Å². The summed E-state index contributed by atoms with van der Waals surface area (Å²) in [6, 6.07) is 4.46. The Kier molecular flexibility index (Phi) is 6.07. The van der Waals surface area contributed by atoms with Crippen molar-refractivity contribution in [3.8, 4) is 11.6 Å². The van der Waals surface area contributed by atoms with Gasteiger partial charge in [0, 0.05) is 24.6 Å². The Morgan fingerprint density at radius 3 is 2.51 bits per heavy atom. The number of fused-ring (bicyclic) bond motifs is 1. The van der Waals surface area contributed by atoms with E-state index in [4.69, 9.17) is 4.74 Å². The minimum Gasteiger partial charge on any atom is -0.480 e. The second kappa shape index (κ2) is 8.63. The van der Waals surface area contributed by atoms with Crippen molar-refractivity contribution in [1.29, 1.82) is 0 Å². The zero-order valence-electron chi connectivity index (χ0n) is 18.8. The van der Waals surface area contributed by atoms with Crippen molar-refractivity contribution in [2.45, 2.75) is 44.1 Å². The summed E-state index contributed by atoms with van der Waals surface area (Å²) < 4.78 is 82.9. The molecule has 2 aromatic heterocycles. The minimum absolute atomic E-state index is 0.0266. The molecular formula is C22H20F4N4O4S. The standard InChI is InChI=1S/C22H20F4N4O4S/c1-12-6-15(23)8-27-20(12)30-10-14-9-29(11-18(14)28-30)21(31)17-7-16(35(3,32)33)4-5-19(17)34-13(2)22(24,25)26/h4-8,10,13H,9,11H2,1-3H3/t13-/m0/s1. The summed E-state index contributed by atoms with van der Waals surface area (Å²) in [6.45, 7) is 2.56. The highest BCUT2D eigenvalue weighted by Gasteiger charge is 2.39. The van der Waals surface area contributed by atoms with E-state index in [0.29, 0.717) is 22.6 Å². The summed E-state index contributed by atoms with van der Waals surface area (Å²) in [6.07, 6.45) is -3.29. The smallest absolute Gasteiger partial charge is 0.425 e. The van der Waals surface area contributed by atoms with Crippen molar-refractivity contribution in [1.82, 2.24) is 19.7 Å². The van der Waals surface area contributed by atoms with Crippen LogP contribution in [0.4, 0.5) is 17.6 Å². The van der Waals surface area contributed by atoms with Crippen molar-refractivity contribution >= 4 is 15.7 Å². The molecule has 0 bridgehead atoms. The van der Waals surface area contributed by atoms with E-state index in [0.717, 1.165) is 37.6 Å². The van der Waals surface area contributed by atoms with Crippen LogP contribution in [0.3, 0.4) is 0 Å². The number of hydrogen-bond donors (Lipinski definition) is 0.